The number of fused-ring (bicyclic) bond motifs is 1. The lowest BCUT2D eigenvalue weighted by Gasteiger charge is -2.34. The Kier molecular flexibility index (Phi) is 7.50. The topological polar surface area (TPSA) is 69.7 Å². The molecular weight excluding hydrogens is 493 g/mol. The highest BCUT2D eigenvalue weighted by Crippen LogP contribution is 2.26. The van der Waals surface area contributed by atoms with Crippen LogP contribution in [0.3, 0.4) is 0 Å². The van der Waals surface area contributed by atoms with E-state index < -0.39 is 10.0 Å². The van der Waals surface area contributed by atoms with Gasteiger partial charge in [-0.25, -0.2) is 8.42 Å². The number of nitrogens with one attached hydrogen (secondary N) is 1. The molecule has 1 amide bonds. The minimum absolute atomic E-state index is 0. The molecule has 0 aromatic heterocycles. The first kappa shape index (κ1) is 24.9. The van der Waals surface area contributed by atoms with E-state index in [0.29, 0.717) is 29.6 Å². The zero-order valence-electron chi connectivity index (χ0n) is 18.6. The van der Waals surface area contributed by atoms with Crippen LogP contribution in [0.5, 0.6) is 0 Å². The zero-order chi connectivity index (χ0) is 23.0. The molecule has 0 radical (unpaired) electrons. The number of carbonyl (C=O) groups excluding carboxylic acids is 1. The van der Waals surface area contributed by atoms with Crippen molar-refractivity contribution < 1.29 is 13.2 Å². The van der Waals surface area contributed by atoms with Gasteiger partial charge in [0, 0.05) is 43.3 Å². The lowest BCUT2D eigenvalue weighted by atomic mass is 9.97. The second kappa shape index (κ2) is 10.2. The largest absolute Gasteiger partial charge is 0.336 e. The fourth-order valence-electron chi connectivity index (χ4n) is 4.66. The predicted molar refractivity (Wildman–Crippen MR) is 138 cm³/mol. The molecule has 2 heterocycles. The fourth-order valence-corrected chi connectivity index (χ4v) is 6.29. The molecule has 2 aliphatic rings. The number of rotatable bonds is 4. The van der Waals surface area contributed by atoms with Gasteiger partial charge in [-0.05, 0) is 71.6 Å². The van der Waals surface area contributed by atoms with Crippen LogP contribution in [0.2, 0.25) is 5.02 Å². The number of amides is 1. The summed E-state index contributed by atoms with van der Waals surface area (Å²) >= 11 is 6.03. The van der Waals surface area contributed by atoms with Gasteiger partial charge in [0.15, 0.2) is 0 Å². The minimum Gasteiger partial charge on any atom is -0.336 e. The summed E-state index contributed by atoms with van der Waals surface area (Å²) in [6, 6.07) is 18.3. The molecule has 0 spiro atoms. The van der Waals surface area contributed by atoms with E-state index in [2.05, 4.69) is 5.32 Å². The van der Waals surface area contributed by atoms with Crippen molar-refractivity contribution in [3.8, 4) is 0 Å². The Morgan fingerprint density at radius 3 is 2.26 bits per heavy atom. The number of hydrogen-bond donors (Lipinski definition) is 1. The molecule has 34 heavy (non-hydrogen) atoms. The molecule has 0 aliphatic carbocycles. The second-order valence-corrected chi connectivity index (χ2v) is 11.0. The van der Waals surface area contributed by atoms with Gasteiger partial charge in [0.25, 0.3) is 5.91 Å². The Labute approximate surface area is 211 Å². The first-order valence-electron chi connectivity index (χ1n) is 11.2. The van der Waals surface area contributed by atoms with Crippen LogP contribution in [0.4, 0.5) is 0 Å². The molecule has 0 bridgehead atoms. The summed E-state index contributed by atoms with van der Waals surface area (Å²) in [6.07, 6.45) is 1.12. The van der Waals surface area contributed by atoms with Crippen LogP contribution in [0.25, 0.3) is 10.8 Å². The molecule has 6 nitrogen and oxygen atoms in total. The highest BCUT2D eigenvalue weighted by atomic mass is 35.5. The fraction of sp³-hybridized carbons (Fsp3) is 0.320. The molecule has 2 aliphatic heterocycles. The summed E-state index contributed by atoms with van der Waals surface area (Å²) in [6.45, 7) is 3.31. The number of nitrogens with zero attached hydrogens (tertiary/aromatic N) is 2. The van der Waals surface area contributed by atoms with Gasteiger partial charge in [-0.1, -0.05) is 35.9 Å². The number of hydrogen-bond acceptors (Lipinski definition) is 4. The van der Waals surface area contributed by atoms with E-state index in [1.54, 1.807) is 29.2 Å². The molecule has 3 aromatic rings. The monoisotopic (exact) mass is 519 g/mol. The van der Waals surface area contributed by atoms with Gasteiger partial charge < -0.3 is 10.2 Å². The van der Waals surface area contributed by atoms with Gasteiger partial charge in [-0.2, -0.15) is 4.31 Å². The van der Waals surface area contributed by atoms with Crippen molar-refractivity contribution in [2.75, 3.05) is 39.3 Å². The van der Waals surface area contributed by atoms with Gasteiger partial charge in [-0.3, -0.25) is 4.79 Å². The van der Waals surface area contributed by atoms with Crippen LogP contribution in [-0.4, -0.2) is 62.8 Å². The van der Waals surface area contributed by atoms with Crippen molar-refractivity contribution in [1.29, 1.82) is 0 Å². The molecule has 180 valence electrons. The van der Waals surface area contributed by atoms with Crippen molar-refractivity contribution in [3.63, 3.8) is 0 Å². The van der Waals surface area contributed by atoms with Crippen molar-refractivity contribution in [3.05, 3.63) is 76.8 Å². The number of benzene rings is 3. The van der Waals surface area contributed by atoms with Crippen LogP contribution < -0.4 is 5.32 Å². The third-order valence-corrected chi connectivity index (χ3v) is 8.76. The predicted octanol–water partition coefficient (Wildman–Crippen LogP) is 4.14. The molecule has 5 rings (SSSR count). The number of halogens is 2. The van der Waals surface area contributed by atoms with Crippen molar-refractivity contribution in [1.82, 2.24) is 14.5 Å². The van der Waals surface area contributed by atoms with Crippen LogP contribution >= 0.6 is 24.0 Å². The summed E-state index contributed by atoms with van der Waals surface area (Å²) in [5.74, 6) is 0.459. The maximum absolute atomic E-state index is 13.2. The Morgan fingerprint density at radius 1 is 0.912 bits per heavy atom. The van der Waals surface area contributed by atoms with E-state index in [1.165, 1.54) is 9.87 Å². The van der Waals surface area contributed by atoms with E-state index in [-0.39, 0.29) is 36.3 Å². The van der Waals surface area contributed by atoms with E-state index in [9.17, 15) is 13.2 Å². The summed E-state index contributed by atoms with van der Waals surface area (Å²) in [5.41, 5.74) is 1.90. The Hall–Kier alpha value is -2.16. The third-order valence-electron chi connectivity index (χ3n) is 6.63. The SMILES string of the molecule is Cl.O=C(c1ccc(C2CCNC2)cc1)N1CCN(S(=O)(=O)c2ccc3cc(Cl)ccc3c2)CC1. The van der Waals surface area contributed by atoms with Gasteiger partial charge in [0.1, 0.15) is 0 Å². The summed E-state index contributed by atoms with van der Waals surface area (Å²) < 4.78 is 27.9. The van der Waals surface area contributed by atoms with Crippen molar-refractivity contribution in [2.45, 2.75) is 17.2 Å². The van der Waals surface area contributed by atoms with E-state index >= 15 is 0 Å². The van der Waals surface area contributed by atoms with E-state index in [0.717, 1.165) is 30.3 Å². The first-order valence-corrected chi connectivity index (χ1v) is 13.0. The average Bonchev–Trinajstić information content (AvgIpc) is 3.38. The zero-order valence-corrected chi connectivity index (χ0v) is 21.0. The van der Waals surface area contributed by atoms with Crippen molar-refractivity contribution in [2.24, 2.45) is 0 Å². The standard InChI is InChI=1S/C25H26ClN3O3S.ClH/c26-23-7-5-21-16-24(8-6-20(21)15-23)33(31,32)29-13-11-28(12-14-29)25(30)19-3-1-18(2-4-19)22-9-10-27-17-22;/h1-8,15-16,22,27H,9-14,17H2;1H. The second-order valence-electron chi connectivity index (χ2n) is 8.66. The van der Waals surface area contributed by atoms with Crippen LogP contribution in [-0.2, 0) is 10.0 Å². The summed E-state index contributed by atoms with van der Waals surface area (Å²) in [7, 11) is -3.64. The van der Waals surface area contributed by atoms with E-state index in [1.807, 2.05) is 36.4 Å². The third kappa shape index (κ3) is 4.95. The highest BCUT2D eigenvalue weighted by Gasteiger charge is 2.30. The Balaban J connectivity index is 0.00000274. The lowest BCUT2D eigenvalue weighted by molar-refractivity contribution is 0.0698. The first-order chi connectivity index (χ1) is 15.9. The number of carbonyl (C=O) groups is 1. The Morgan fingerprint density at radius 2 is 1.59 bits per heavy atom. The molecule has 2 saturated heterocycles. The summed E-state index contributed by atoms with van der Waals surface area (Å²) in [4.78, 5) is 15.0. The quantitative estimate of drug-likeness (QED) is 0.562. The average molecular weight is 520 g/mol. The molecular formula is C25H27Cl2N3O3S. The maximum Gasteiger partial charge on any atom is 0.253 e. The Bertz CT molecular complexity index is 1280. The molecule has 3 aromatic carbocycles. The normalized spacial score (nSPS) is 19.2. The van der Waals surface area contributed by atoms with Crippen LogP contribution in [0.1, 0.15) is 28.3 Å². The number of piperazine rings is 1. The smallest absolute Gasteiger partial charge is 0.253 e. The molecule has 1 N–H and O–H groups in total. The minimum atomic E-state index is -3.64. The van der Waals surface area contributed by atoms with Gasteiger partial charge in [-0.15, -0.1) is 12.4 Å². The summed E-state index contributed by atoms with van der Waals surface area (Å²) in [5, 5.41) is 5.70. The van der Waals surface area contributed by atoms with Crippen LogP contribution in [0, 0.1) is 0 Å². The van der Waals surface area contributed by atoms with Gasteiger partial charge in [0.05, 0.1) is 4.90 Å². The maximum atomic E-state index is 13.2. The van der Waals surface area contributed by atoms with Crippen LogP contribution in [0.15, 0.2) is 65.6 Å². The lowest BCUT2D eigenvalue weighted by Crippen LogP contribution is -2.50. The molecule has 2 fully saturated rings. The van der Waals surface area contributed by atoms with Crippen molar-refractivity contribution >= 4 is 50.7 Å². The van der Waals surface area contributed by atoms with Gasteiger partial charge in [0.2, 0.25) is 10.0 Å². The molecule has 9 heteroatoms. The highest BCUT2D eigenvalue weighted by molar-refractivity contribution is 7.89. The number of sulfonamides is 1. The van der Waals surface area contributed by atoms with Gasteiger partial charge >= 0.3 is 0 Å². The molecule has 1 unspecified atom stereocenters. The molecule has 0 saturated carbocycles. The molecule has 1 atom stereocenters. The van der Waals surface area contributed by atoms with E-state index in [4.69, 9.17) is 11.6 Å².